The molecule has 0 saturated carbocycles. The molecule has 0 heterocycles. The molecule has 1 aromatic carbocycles. The van der Waals surface area contributed by atoms with Gasteiger partial charge in [0.15, 0.2) is 0 Å². The van der Waals surface area contributed by atoms with Gasteiger partial charge in [0, 0.05) is 0 Å². The van der Waals surface area contributed by atoms with Gasteiger partial charge in [-0.15, -0.1) is 0 Å². The van der Waals surface area contributed by atoms with Crippen LogP contribution in [0.25, 0.3) is 0 Å². The number of rotatable bonds is 4. The third-order valence-corrected chi connectivity index (χ3v) is 13.8. The SMILES string of the molecule is CC(C)(C)[Si](C)(C)Oc1c[c]ccc1O[Si](C)(C)C(C)(C)C. The summed E-state index contributed by atoms with van der Waals surface area (Å²) >= 11 is 0. The van der Waals surface area contributed by atoms with E-state index in [0.29, 0.717) is 0 Å². The van der Waals surface area contributed by atoms with Gasteiger partial charge in [0.2, 0.25) is 0 Å². The summed E-state index contributed by atoms with van der Waals surface area (Å²) in [5, 5.41) is 0.331. The molecule has 0 unspecified atom stereocenters. The first-order chi connectivity index (χ1) is 9.67. The summed E-state index contributed by atoms with van der Waals surface area (Å²) in [6.45, 7) is 22.6. The van der Waals surface area contributed by atoms with E-state index >= 15 is 0 Å². The maximum absolute atomic E-state index is 6.47. The van der Waals surface area contributed by atoms with Crippen molar-refractivity contribution in [2.75, 3.05) is 0 Å². The normalized spacial score (nSPS) is 13.9. The molecule has 1 aromatic rings. The van der Waals surface area contributed by atoms with Crippen molar-refractivity contribution < 1.29 is 8.85 Å². The van der Waals surface area contributed by atoms with Gasteiger partial charge in [-0.05, 0) is 54.5 Å². The summed E-state index contributed by atoms with van der Waals surface area (Å²) < 4.78 is 12.9. The minimum atomic E-state index is -1.88. The Morgan fingerprint density at radius 3 is 1.59 bits per heavy atom. The molecule has 0 aromatic heterocycles. The third-order valence-electron chi connectivity index (χ3n) is 5.13. The van der Waals surface area contributed by atoms with Crippen LogP contribution in [0.3, 0.4) is 0 Å². The highest BCUT2D eigenvalue weighted by molar-refractivity contribution is 6.75. The van der Waals surface area contributed by atoms with E-state index in [4.69, 9.17) is 8.85 Å². The Kier molecular flexibility index (Phi) is 5.30. The van der Waals surface area contributed by atoms with Crippen molar-refractivity contribution in [1.29, 1.82) is 0 Å². The highest BCUT2D eigenvalue weighted by Gasteiger charge is 2.41. The lowest BCUT2D eigenvalue weighted by Gasteiger charge is -2.39. The Morgan fingerprint density at radius 2 is 1.18 bits per heavy atom. The van der Waals surface area contributed by atoms with Crippen LogP contribution in [0.1, 0.15) is 41.5 Å². The van der Waals surface area contributed by atoms with Crippen molar-refractivity contribution in [3.05, 3.63) is 24.3 Å². The molecule has 0 aliphatic rings. The zero-order valence-electron chi connectivity index (χ0n) is 16.0. The van der Waals surface area contributed by atoms with Gasteiger partial charge in [-0.25, -0.2) is 0 Å². The minimum Gasteiger partial charge on any atom is -0.541 e. The standard InChI is InChI=1S/C18H33O2Si2/c1-17(2,3)21(7,8)19-15-13-11-12-14-16(15)20-22(9,10)18(4,5)6/h11,13-14H,1-10H3. The fraction of sp³-hybridized carbons (Fsp3) is 0.667. The van der Waals surface area contributed by atoms with E-state index in [1.165, 1.54) is 0 Å². The first-order valence-electron chi connectivity index (χ1n) is 8.05. The Labute approximate surface area is 139 Å². The first kappa shape index (κ1) is 19.3. The van der Waals surface area contributed by atoms with Crippen LogP contribution in [0, 0.1) is 6.07 Å². The van der Waals surface area contributed by atoms with Gasteiger partial charge in [-0.1, -0.05) is 47.6 Å². The van der Waals surface area contributed by atoms with E-state index in [-0.39, 0.29) is 10.1 Å². The first-order valence-corrected chi connectivity index (χ1v) is 13.9. The summed E-state index contributed by atoms with van der Waals surface area (Å²) in [5.41, 5.74) is 0. The van der Waals surface area contributed by atoms with Crippen molar-refractivity contribution in [3.63, 3.8) is 0 Å². The topological polar surface area (TPSA) is 18.5 Å². The summed E-state index contributed by atoms with van der Waals surface area (Å²) in [7, 11) is -3.76. The van der Waals surface area contributed by atoms with E-state index in [0.717, 1.165) is 11.5 Å². The molecule has 0 fully saturated rings. The Bertz CT molecular complexity index is 462. The molecule has 0 atom stereocenters. The van der Waals surface area contributed by atoms with Crippen LogP contribution in [0.2, 0.25) is 36.3 Å². The highest BCUT2D eigenvalue weighted by atomic mass is 28.4. The molecular formula is C18H33O2Si2. The number of benzene rings is 1. The minimum absolute atomic E-state index is 0.164. The quantitative estimate of drug-likeness (QED) is 0.604. The zero-order valence-corrected chi connectivity index (χ0v) is 18.0. The van der Waals surface area contributed by atoms with E-state index in [2.05, 4.69) is 73.8 Å². The molecule has 125 valence electrons. The fourth-order valence-corrected chi connectivity index (χ4v) is 3.46. The largest absolute Gasteiger partial charge is 0.541 e. The Morgan fingerprint density at radius 1 is 0.773 bits per heavy atom. The maximum Gasteiger partial charge on any atom is 0.250 e. The Balaban J connectivity index is 3.12. The van der Waals surface area contributed by atoms with Crippen molar-refractivity contribution in [2.24, 2.45) is 0 Å². The molecule has 0 spiro atoms. The van der Waals surface area contributed by atoms with Crippen LogP contribution in [-0.4, -0.2) is 16.6 Å². The summed E-state index contributed by atoms with van der Waals surface area (Å²) in [5.74, 6) is 1.72. The lowest BCUT2D eigenvalue weighted by molar-refractivity contribution is 0.440. The van der Waals surface area contributed by atoms with Gasteiger partial charge >= 0.3 is 0 Å². The number of hydrogen-bond donors (Lipinski definition) is 0. The van der Waals surface area contributed by atoms with E-state index in [1.54, 1.807) is 0 Å². The van der Waals surface area contributed by atoms with Crippen molar-refractivity contribution in [2.45, 2.75) is 77.8 Å². The predicted molar refractivity (Wildman–Crippen MR) is 101 cm³/mol. The lowest BCUT2D eigenvalue weighted by atomic mass is 10.2. The fourth-order valence-electron chi connectivity index (χ4n) is 1.42. The van der Waals surface area contributed by atoms with Gasteiger partial charge in [-0.3, -0.25) is 0 Å². The van der Waals surface area contributed by atoms with E-state index < -0.39 is 16.6 Å². The van der Waals surface area contributed by atoms with Gasteiger partial charge in [0.25, 0.3) is 16.6 Å². The average Bonchev–Trinajstić information content (AvgIpc) is 2.28. The molecule has 0 N–H and O–H groups in total. The van der Waals surface area contributed by atoms with Crippen molar-refractivity contribution in [1.82, 2.24) is 0 Å². The molecule has 0 aliphatic heterocycles. The third kappa shape index (κ3) is 4.38. The van der Waals surface area contributed by atoms with Crippen LogP contribution in [-0.2, 0) is 0 Å². The summed E-state index contributed by atoms with van der Waals surface area (Å²) in [4.78, 5) is 0. The highest BCUT2D eigenvalue weighted by Crippen LogP contribution is 2.43. The monoisotopic (exact) mass is 337 g/mol. The second-order valence-corrected chi connectivity index (χ2v) is 18.5. The average molecular weight is 338 g/mol. The van der Waals surface area contributed by atoms with Gasteiger partial charge in [0.1, 0.15) is 11.5 Å². The van der Waals surface area contributed by atoms with Gasteiger partial charge in [0.05, 0.1) is 0 Å². The van der Waals surface area contributed by atoms with Crippen LogP contribution >= 0.6 is 0 Å². The molecule has 0 saturated heterocycles. The smallest absolute Gasteiger partial charge is 0.250 e. The van der Waals surface area contributed by atoms with E-state index in [9.17, 15) is 0 Å². The second kappa shape index (κ2) is 6.04. The van der Waals surface area contributed by atoms with E-state index in [1.807, 2.05) is 18.2 Å². The van der Waals surface area contributed by atoms with Crippen LogP contribution in [0.4, 0.5) is 0 Å². The van der Waals surface area contributed by atoms with Crippen LogP contribution in [0.15, 0.2) is 18.2 Å². The van der Waals surface area contributed by atoms with Gasteiger partial charge in [-0.2, -0.15) is 0 Å². The van der Waals surface area contributed by atoms with Crippen molar-refractivity contribution >= 4 is 16.6 Å². The molecule has 0 aliphatic carbocycles. The summed E-state index contributed by atoms with van der Waals surface area (Å²) in [6, 6.07) is 8.94. The summed E-state index contributed by atoms with van der Waals surface area (Å²) in [6.07, 6.45) is 0. The molecule has 2 nitrogen and oxygen atoms in total. The molecular weight excluding hydrogens is 304 g/mol. The Hall–Kier alpha value is -0.746. The molecule has 0 amide bonds. The molecule has 0 bridgehead atoms. The molecule has 22 heavy (non-hydrogen) atoms. The molecule has 4 heteroatoms. The number of hydrogen-bond acceptors (Lipinski definition) is 2. The van der Waals surface area contributed by atoms with Crippen LogP contribution < -0.4 is 8.85 Å². The second-order valence-electron chi connectivity index (χ2n) is 9.10. The molecule has 1 radical (unpaired) electrons. The van der Waals surface area contributed by atoms with Crippen molar-refractivity contribution in [3.8, 4) is 11.5 Å². The maximum atomic E-state index is 6.47. The predicted octanol–water partition coefficient (Wildman–Crippen LogP) is 6.25. The van der Waals surface area contributed by atoms with Gasteiger partial charge < -0.3 is 8.85 Å². The molecule has 1 rings (SSSR count). The zero-order chi connectivity index (χ0) is 17.4. The van der Waals surface area contributed by atoms with Crippen LogP contribution in [0.5, 0.6) is 11.5 Å². The lowest BCUT2D eigenvalue weighted by Crippen LogP contribution is -2.45.